The first kappa shape index (κ1) is 18.2. The number of carbonyl (C=O) groups is 1. The number of nitrogens with one attached hydrogen (secondary N) is 1. The maximum absolute atomic E-state index is 10.9. The molecule has 0 fully saturated rings. The molecule has 0 aliphatic rings. The van der Waals surface area contributed by atoms with Gasteiger partial charge in [0.2, 0.25) is 0 Å². The minimum atomic E-state index is -0.904. The first-order chi connectivity index (χ1) is 11.4. The Bertz CT molecular complexity index is 650. The van der Waals surface area contributed by atoms with Crippen LogP contribution >= 0.6 is 0 Å². The Morgan fingerprint density at radius 2 is 1.71 bits per heavy atom. The standard InChI is InChI=1S/C20H25NO3/c1-20(2,21-14-18(22)16-6-4-3-5-7-16)13-12-15-8-10-17(11-9-15)19(23)24/h3-11,18,21-22H,12-14H2,1-2H3,(H,23,24). The van der Waals surface area contributed by atoms with Crippen LogP contribution in [0.3, 0.4) is 0 Å². The first-order valence-electron chi connectivity index (χ1n) is 8.18. The number of carboxylic acids is 1. The first-order valence-corrected chi connectivity index (χ1v) is 8.18. The molecule has 0 radical (unpaired) electrons. The monoisotopic (exact) mass is 327 g/mol. The fraction of sp³-hybridized carbons (Fsp3) is 0.350. The van der Waals surface area contributed by atoms with Crippen LogP contribution in [0, 0.1) is 0 Å². The molecule has 2 aromatic carbocycles. The second-order valence-electron chi connectivity index (χ2n) is 6.69. The van der Waals surface area contributed by atoms with E-state index in [4.69, 9.17) is 5.11 Å². The van der Waals surface area contributed by atoms with Crippen molar-refractivity contribution in [1.29, 1.82) is 0 Å². The molecule has 1 atom stereocenters. The van der Waals surface area contributed by atoms with Crippen LogP contribution in [-0.4, -0.2) is 28.3 Å². The summed E-state index contributed by atoms with van der Waals surface area (Å²) >= 11 is 0. The molecule has 0 bridgehead atoms. The summed E-state index contributed by atoms with van der Waals surface area (Å²) in [6.45, 7) is 4.71. The van der Waals surface area contributed by atoms with Crippen molar-refractivity contribution in [3.63, 3.8) is 0 Å². The maximum Gasteiger partial charge on any atom is 0.335 e. The van der Waals surface area contributed by atoms with E-state index in [1.54, 1.807) is 12.1 Å². The number of aliphatic hydroxyl groups is 1. The smallest absolute Gasteiger partial charge is 0.335 e. The molecule has 2 rings (SSSR count). The number of aryl methyl sites for hydroxylation is 1. The normalized spacial score (nSPS) is 12.8. The third-order valence-electron chi connectivity index (χ3n) is 4.20. The number of hydrogen-bond acceptors (Lipinski definition) is 3. The van der Waals surface area contributed by atoms with Crippen LogP contribution < -0.4 is 5.32 Å². The topological polar surface area (TPSA) is 69.6 Å². The zero-order valence-corrected chi connectivity index (χ0v) is 14.2. The predicted molar refractivity (Wildman–Crippen MR) is 95.2 cm³/mol. The summed E-state index contributed by atoms with van der Waals surface area (Å²) in [5.41, 5.74) is 2.20. The molecule has 24 heavy (non-hydrogen) atoms. The van der Waals surface area contributed by atoms with Crippen molar-refractivity contribution in [3.8, 4) is 0 Å². The van der Waals surface area contributed by atoms with E-state index in [2.05, 4.69) is 19.2 Å². The van der Waals surface area contributed by atoms with Gasteiger partial charge in [-0.1, -0.05) is 42.5 Å². The van der Waals surface area contributed by atoms with E-state index in [-0.39, 0.29) is 5.54 Å². The number of β-amino-alcohol motifs (C(OH)–C–C–N with tert-alkyl or cyclic N) is 1. The minimum Gasteiger partial charge on any atom is -0.478 e. The Hall–Kier alpha value is -2.17. The number of rotatable bonds is 8. The highest BCUT2D eigenvalue weighted by atomic mass is 16.4. The molecule has 0 aromatic heterocycles. The molecule has 3 N–H and O–H groups in total. The van der Waals surface area contributed by atoms with Gasteiger partial charge in [0.1, 0.15) is 0 Å². The average molecular weight is 327 g/mol. The Balaban J connectivity index is 1.83. The quantitative estimate of drug-likeness (QED) is 0.695. The van der Waals surface area contributed by atoms with Gasteiger partial charge in [-0.25, -0.2) is 4.79 Å². The van der Waals surface area contributed by atoms with Gasteiger partial charge in [0.25, 0.3) is 0 Å². The number of hydrogen-bond donors (Lipinski definition) is 3. The zero-order valence-electron chi connectivity index (χ0n) is 14.2. The highest BCUT2D eigenvalue weighted by Crippen LogP contribution is 2.17. The highest BCUT2D eigenvalue weighted by molar-refractivity contribution is 5.87. The van der Waals surface area contributed by atoms with Crippen molar-refractivity contribution in [1.82, 2.24) is 5.32 Å². The third-order valence-corrected chi connectivity index (χ3v) is 4.20. The summed E-state index contributed by atoms with van der Waals surface area (Å²) in [4.78, 5) is 10.9. The van der Waals surface area contributed by atoms with Crippen molar-refractivity contribution >= 4 is 5.97 Å². The van der Waals surface area contributed by atoms with E-state index in [0.717, 1.165) is 24.0 Å². The highest BCUT2D eigenvalue weighted by Gasteiger charge is 2.19. The summed E-state index contributed by atoms with van der Waals surface area (Å²) in [5.74, 6) is -0.904. The van der Waals surface area contributed by atoms with Crippen molar-refractivity contribution in [2.75, 3.05) is 6.54 Å². The fourth-order valence-corrected chi connectivity index (χ4v) is 2.53. The molecule has 0 heterocycles. The van der Waals surface area contributed by atoms with Crippen molar-refractivity contribution < 1.29 is 15.0 Å². The van der Waals surface area contributed by atoms with Gasteiger partial charge in [0.15, 0.2) is 0 Å². The lowest BCUT2D eigenvalue weighted by Crippen LogP contribution is -2.41. The van der Waals surface area contributed by atoms with Gasteiger partial charge in [-0.15, -0.1) is 0 Å². The van der Waals surface area contributed by atoms with E-state index >= 15 is 0 Å². The third kappa shape index (κ3) is 5.48. The van der Waals surface area contributed by atoms with Gasteiger partial charge in [0.05, 0.1) is 11.7 Å². The molecule has 0 aliphatic heterocycles. The predicted octanol–water partition coefficient (Wildman–Crippen LogP) is 3.42. The lowest BCUT2D eigenvalue weighted by molar-refractivity contribution is 0.0697. The SMILES string of the molecule is CC(C)(CCc1ccc(C(=O)O)cc1)NCC(O)c1ccccc1. The molecule has 1 unspecified atom stereocenters. The summed E-state index contributed by atoms with van der Waals surface area (Å²) < 4.78 is 0. The van der Waals surface area contributed by atoms with Gasteiger partial charge >= 0.3 is 5.97 Å². The second-order valence-corrected chi connectivity index (χ2v) is 6.69. The van der Waals surface area contributed by atoms with Gasteiger partial charge in [-0.2, -0.15) is 0 Å². The molecule has 0 saturated heterocycles. The van der Waals surface area contributed by atoms with Crippen LogP contribution in [0.1, 0.15) is 47.9 Å². The Morgan fingerprint density at radius 1 is 1.08 bits per heavy atom. The molecular weight excluding hydrogens is 302 g/mol. The molecule has 128 valence electrons. The van der Waals surface area contributed by atoms with Crippen LogP contribution in [0.5, 0.6) is 0 Å². The molecule has 0 aliphatic carbocycles. The van der Waals surface area contributed by atoms with Crippen LogP contribution in [0.4, 0.5) is 0 Å². The number of aliphatic hydroxyl groups excluding tert-OH is 1. The average Bonchev–Trinajstić information content (AvgIpc) is 2.59. The molecule has 4 heteroatoms. The number of carboxylic acid groups (broad SMARTS) is 1. The van der Waals surface area contributed by atoms with Crippen LogP contribution in [0.25, 0.3) is 0 Å². The van der Waals surface area contributed by atoms with Gasteiger partial charge in [0, 0.05) is 12.1 Å². The largest absolute Gasteiger partial charge is 0.478 e. The summed E-state index contributed by atoms with van der Waals surface area (Å²) in [5, 5.41) is 22.6. The molecule has 4 nitrogen and oxygen atoms in total. The van der Waals surface area contributed by atoms with E-state index in [1.165, 1.54) is 0 Å². The lowest BCUT2D eigenvalue weighted by atomic mass is 9.94. The van der Waals surface area contributed by atoms with Crippen LogP contribution in [-0.2, 0) is 6.42 Å². The lowest BCUT2D eigenvalue weighted by Gasteiger charge is -2.28. The second kappa shape index (κ2) is 8.08. The molecule has 0 amide bonds. The summed E-state index contributed by atoms with van der Waals surface area (Å²) in [6, 6.07) is 16.6. The van der Waals surface area contributed by atoms with E-state index in [0.29, 0.717) is 12.1 Å². The van der Waals surface area contributed by atoms with Crippen LogP contribution in [0.15, 0.2) is 54.6 Å². The fourth-order valence-electron chi connectivity index (χ4n) is 2.53. The Morgan fingerprint density at radius 3 is 2.29 bits per heavy atom. The zero-order chi connectivity index (χ0) is 17.6. The van der Waals surface area contributed by atoms with Crippen LogP contribution in [0.2, 0.25) is 0 Å². The molecule has 2 aromatic rings. The number of aromatic carboxylic acids is 1. The van der Waals surface area contributed by atoms with Gasteiger partial charge < -0.3 is 15.5 Å². The van der Waals surface area contributed by atoms with Crippen molar-refractivity contribution in [2.45, 2.75) is 38.3 Å². The molecular formula is C20H25NO3. The van der Waals surface area contributed by atoms with Crippen molar-refractivity contribution in [2.24, 2.45) is 0 Å². The minimum absolute atomic E-state index is 0.124. The van der Waals surface area contributed by atoms with E-state index < -0.39 is 12.1 Å². The van der Waals surface area contributed by atoms with Gasteiger partial charge in [-0.05, 0) is 49.9 Å². The Kier molecular flexibility index (Phi) is 6.12. The van der Waals surface area contributed by atoms with Gasteiger partial charge in [-0.3, -0.25) is 0 Å². The molecule has 0 spiro atoms. The number of benzene rings is 2. The summed E-state index contributed by atoms with van der Waals surface area (Å²) in [6.07, 6.45) is 1.21. The van der Waals surface area contributed by atoms with E-state index in [9.17, 15) is 9.90 Å². The maximum atomic E-state index is 10.9. The summed E-state index contributed by atoms with van der Waals surface area (Å²) in [7, 11) is 0. The van der Waals surface area contributed by atoms with Crippen molar-refractivity contribution in [3.05, 3.63) is 71.3 Å². The molecule has 0 saturated carbocycles. The Labute approximate surface area is 143 Å². The van der Waals surface area contributed by atoms with E-state index in [1.807, 2.05) is 42.5 Å².